The number of nitrogens with one attached hydrogen (secondary N) is 3. The van der Waals surface area contributed by atoms with Crippen molar-refractivity contribution in [3.05, 3.63) is 34.3 Å². The molecule has 3 N–H and O–H groups in total. The third kappa shape index (κ3) is 4.07. The second-order valence-electron chi connectivity index (χ2n) is 6.64. The van der Waals surface area contributed by atoms with Gasteiger partial charge in [-0.05, 0) is 25.2 Å². The first kappa shape index (κ1) is 17.6. The topological polar surface area (TPSA) is 99.8 Å². The molecule has 25 heavy (non-hydrogen) atoms. The van der Waals surface area contributed by atoms with Crippen LogP contribution in [-0.2, 0) is 11.2 Å². The summed E-state index contributed by atoms with van der Waals surface area (Å²) < 4.78 is 0. The smallest absolute Gasteiger partial charge is 0.269 e. The van der Waals surface area contributed by atoms with Crippen molar-refractivity contribution in [3.8, 4) is 0 Å². The standard InChI is InChI=1S/C17H23N5O2S/c1-10(2)12(7-19-17(24)13-6-18-8-20-13)22-16(23)11-4-3-5-14-15(11)21-9-25-14/h6,8-12H,3-5,7H2,1-2H3,(H,18,20)(H,19,24)(H,22,23). The molecule has 0 bridgehead atoms. The van der Waals surface area contributed by atoms with E-state index in [1.165, 1.54) is 17.4 Å². The summed E-state index contributed by atoms with van der Waals surface area (Å²) in [7, 11) is 0. The molecule has 1 aliphatic rings. The lowest BCUT2D eigenvalue weighted by Gasteiger charge is -2.27. The van der Waals surface area contributed by atoms with Crippen LogP contribution in [0.15, 0.2) is 18.0 Å². The number of thiazole rings is 1. The molecule has 8 heteroatoms. The van der Waals surface area contributed by atoms with Gasteiger partial charge in [-0.2, -0.15) is 0 Å². The maximum Gasteiger partial charge on any atom is 0.269 e. The van der Waals surface area contributed by atoms with Gasteiger partial charge in [0.05, 0.1) is 29.6 Å². The van der Waals surface area contributed by atoms with Crippen molar-refractivity contribution in [2.24, 2.45) is 5.92 Å². The number of carbonyl (C=O) groups is 2. The predicted molar refractivity (Wildman–Crippen MR) is 95.5 cm³/mol. The number of carbonyl (C=O) groups excluding carboxylic acids is 2. The first-order valence-electron chi connectivity index (χ1n) is 8.55. The molecule has 0 spiro atoms. The lowest BCUT2D eigenvalue weighted by Crippen LogP contribution is -2.48. The molecule has 2 amide bonds. The molecule has 0 aliphatic heterocycles. The highest BCUT2D eigenvalue weighted by atomic mass is 32.1. The van der Waals surface area contributed by atoms with E-state index in [4.69, 9.17) is 0 Å². The molecule has 2 aromatic rings. The number of fused-ring (bicyclic) bond motifs is 1. The van der Waals surface area contributed by atoms with E-state index in [2.05, 4.69) is 25.6 Å². The molecule has 0 saturated carbocycles. The van der Waals surface area contributed by atoms with Gasteiger partial charge < -0.3 is 15.6 Å². The summed E-state index contributed by atoms with van der Waals surface area (Å²) in [6, 6.07) is -0.136. The molecule has 3 rings (SSSR count). The molecule has 1 aliphatic carbocycles. The van der Waals surface area contributed by atoms with Gasteiger partial charge in [0.25, 0.3) is 5.91 Å². The Hall–Kier alpha value is -2.22. The van der Waals surface area contributed by atoms with Crippen LogP contribution in [0, 0.1) is 5.92 Å². The van der Waals surface area contributed by atoms with Gasteiger partial charge in [-0.3, -0.25) is 9.59 Å². The number of nitrogens with zero attached hydrogens (tertiary/aromatic N) is 2. The average molecular weight is 361 g/mol. The van der Waals surface area contributed by atoms with Crippen molar-refractivity contribution >= 4 is 23.2 Å². The molecule has 134 valence electrons. The summed E-state index contributed by atoms with van der Waals surface area (Å²) in [5.41, 5.74) is 3.16. The number of hydrogen-bond donors (Lipinski definition) is 3. The Bertz CT molecular complexity index is 725. The predicted octanol–water partition coefficient (Wildman–Crippen LogP) is 1.86. The Balaban J connectivity index is 1.60. The van der Waals surface area contributed by atoms with Crippen LogP contribution < -0.4 is 10.6 Å². The Kier molecular flexibility index (Phi) is 5.47. The number of aromatic nitrogens is 3. The number of aryl methyl sites for hydroxylation is 1. The maximum atomic E-state index is 12.8. The van der Waals surface area contributed by atoms with Gasteiger partial charge in [0.1, 0.15) is 5.69 Å². The highest BCUT2D eigenvalue weighted by Gasteiger charge is 2.30. The zero-order chi connectivity index (χ0) is 17.8. The number of H-pyrrole nitrogens is 1. The molecule has 2 atom stereocenters. The van der Waals surface area contributed by atoms with E-state index in [1.54, 1.807) is 11.3 Å². The second-order valence-corrected chi connectivity index (χ2v) is 7.58. The first-order valence-corrected chi connectivity index (χ1v) is 9.43. The fourth-order valence-electron chi connectivity index (χ4n) is 3.02. The van der Waals surface area contributed by atoms with E-state index in [0.717, 1.165) is 25.0 Å². The van der Waals surface area contributed by atoms with E-state index in [9.17, 15) is 9.59 Å². The number of aromatic amines is 1. The van der Waals surface area contributed by atoms with E-state index in [0.29, 0.717) is 12.2 Å². The Morgan fingerprint density at radius 1 is 1.44 bits per heavy atom. The highest BCUT2D eigenvalue weighted by Crippen LogP contribution is 2.33. The van der Waals surface area contributed by atoms with Gasteiger partial charge in [0.15, 0.2) is 0 Å². The lowest BCUT2D eigenvalue weighted by atomic mass is 9.89. The first-order chi connectivity index (χ1) is 12.1. The van der Waals surface area contributed by atoms with E-state index in [-0.39, 0.29) is 29.7 Å². The number of hydrogen-bond acceptors (Lipinski definition) is 5. The van der Waals surface area contributed by atoms with Crippen molar-refractivity contribution in [3.63, 3.8) is 0 Å². The van der Waals surface area contributed by atoms with Crippen molar-refractivity contribution in [1.29, 1.82) is 0 Å². The van der Waals surface area contributed by atoms with Crippen LogP contribution in [0.3, 0.4) is 0 Å². The largest absolute Gasteiger partial charge is 0.351 e. The summed E-state index contributed by atoms with van der Waals surface area (Å²) in [5, 5.41) is 5.95. The Labute approximate surface area is 150 Å². The van der Waals surface area contributed by atoms with Crippen molar-refractivity contribution < 1.29 is 9.59 Å². The lowest BCUT2D eigenvalue weighted by molar-refractivity contribution is -0.124. The second kappa shape index (κ2) is 7.77. The van der Waals surface area contributed by atoms with Crippen LogP contribution in [-0.4, -0.2) is 39.4 Å². The zero-order valence-electron chi connectivity index (χ0n) is 14.4. The maximum absolute atomic E-state index is 12.8. The third-order valence-corrected chi connectivity index (χ3v) is 5.48. The molecule has 0 fully saturated rings. The third-order valence-electron chi connectivity index (χ3n) is 4.57. The molecule has 0 saturated heterocycles. The molecule has 2 unspecified atom stereocenters. The highest BCUT2D eigenvalue weighted by molar-refractivity contribution is 7.09. The normalized spacial score (nSPS) is 17.8. The van der Waals surface area contributed by atoms with Crippen molar-refractivity contribution in [1.82, 2.24) is 25.6 Å². The summed E-state index contributed by atoms with van der Waals surface area (Å²) in [6.07, 6.45) is 5.79. The van der Waals surface area contributed by atoms with Crippen LogP contribution in [0.2, 0.25) is 0 Å². The molecule has 0 radical (unpaired) electrons. The summed E-state index contributed by atoms with van der Waals surface area (Å²) >= 11 is 1.63. The minimum atomic E-state index is -0.225. The minimum Gasteiger partial charge on any atom is -0.351 e. The van der Waals surface area contributed by atoms with Gasteiger partial charge >= 0.3 is 0 Å². The summed E-state index contributed by atoms with van der Waals surface area (Å²) in [5.74, 6) is -0.206. The molecule has 2 heterocycles. The quantitative estimate of drug-likeness (QED) is 0.731. The Morgan fingerprint density at radius 2 is 2.28 bits per heavy atom. The van der Waals surface area contributed by atoms with Crippen molar-refractivity contribution in [2.45, 2.75) is 45.1 Å². The molecular formula is C17H23N5O2S. The fraction of sp³-hybridized carbons (Fsp3) is 0.529. The van der Waals surface area contributed by atoms with Crippen molar-refractivity contribution in [2.75, 3.05) is 6.54 Å². The molecule has 7 nitrogen and oxygen atoms in total. The molecule has 0 aromatic carbocycles. The van der Waals surface area contributed by atoms with Gasteiger partial charge in [-0.15, -0.1) is 11.3 Å². The minimum absolute atomic E-state index is 0.00124. The van der Waals surface area contributed by atoms with Crippen LogP contribution in [0.1, 0.15) is 53.7 Å². The summed E-state index contributed by atoms with van der Waals surface area (Å²) in [4.78, 5) is 37.0. The number of imidazole rings is 1. The van der Waals surface area contributed by atoms with Crippen LogP contribution in [0.4, 0.5) is 0 Å². The number of amides is 2. The van der Waals surface area contributed by atoms with Gasteiger partial charge in [-0.25, -0.2) is 9.97 Å². The fourth-order valence-corrected chi connectivity index (χ4v) is 3.90. The van der Waals surface area contributed by atoms with Gasteiger partial charge in [0, 0.05) is 17.5 Å². The number of rotatable bonds is 6. The van der Waals surface area contributed by atoms with Crippen LogP contribution >= 0.6 is 11.3 Å². The zero-order valence-corrected chi connectivity index (χ0v) is 15.2. The average Bonchev–Trinajstić information content (AvgIpc) is 3.28. The van der Waals surface area contributed by atoms with Gasteiger partial charge in [0.2, 0.25) is 5.91 Å². The monoisotopic (exact) mass is 361 g/mol. The Morgan fingerprint density at radius 3 is 3.00 bits per heavy atom. The van der Waals surface area contributed by atoms with E-state index in [1.807, 2.05) is 19.4 Å². The SMILES string of the molecule is CC(C)C(CNC(=O)c1cnc[nH]1)NC(=O)C1CCCc2scnc21. The van der Waals surface area contributed by atoms with Gasteiger partial charge in [-0.1, -0.05) is 13.8 Å². The van der Waals surface area contributed by atoms with E-state index < -0.39 is 0 Å². The summed E-state index contributed by atoms with van der Waals surface area (Å²) in [6.45, 7) is 4.43. The molecular weight excluding hydrogens is 338 g/mol. The van der Waals surface area contributed by atoms with E-state index >= 15 is 0 Å². The van der Waals surface area contributed by atoms with Crippen LogP contribution in [0.25, 0.3) is 0 Å². The molecule has 2 aromatic heterocycles. The van der Waals surface area contributed by atoms with Crippen LogP contribution in [0.5, 0.6) is 0 Å².